The summed E-state index contributed by atoms with van der Waals surface area (Å²) in [7, 11) is 0. The van der Waals surface area contributed by atoms with E-state index in [9.17, 15) is 4.79 Å². The second kappa shape index (κ2) is 7.80. The Morgan fingerprint density at radius 2 is 2.04 bits per heavy atom. The van der Waals surface area contributed by atoms with Crippen molar-refractivity contribution in [2.45, 2.75) is 44.9 Å². The Balaban J connectivity index is 1.41. The van der Waals surface area contributed by atoms with Crippen LogP contribution in [0.15, 0.2) is 34.9 Å². The average molecular weight is 369 g/mol. The normalized spacial score (nSPS) is 21.7. The van der Waals surface area contributed by atoms with E-state index in [0.29, 0.717) is 24.7 Å². The number of hydrogen-bond acceptors (Lipinski definition) is 5. The van der Waals surface area contributed by atoms with E-state index in [1.54, 1.807) is 0 Å². The van der Waals surface area contributed by atoms with Crippen LogP contribution in [-0.4, -0.2) is 47.3 Å². The summed E-state index contributed by atoms with van der Waals surface area (Å²) >= 11 is 0. The van der Waals surface area contributed by atoms with Gasteiger partial charge in [0.05, 0.1) is 5.92 Å². The molecule has 144 valence electrons. The first kappa shape index (κ1) is 18.2. The van der Waals surface area contributed by atoms with Crippen molar-refractivity contribution in [1.82, 2.24) is 15.0 Å². The number of aromatic nitrogens is 2. The summed E-state index contributed by atoms with van der Waals surface area (Å²) in [6.07, 6.45) is 4.27. The molecular weight excluding hydrogens is 342 g/mol. The highest BCUT2D eigenvalue weighted by molar-refractivity contribution is 5.76. The highest BCUT2D eigenvalue weighted by Gasteiger charge is 2.51. The molecule has 2 saturated heterocycles. The molecule has 1 atom stereocenters. The van der Waals surface area contributed by atoms with E-state index < -0.39 is 0 Å². The van der Waals surface area contributed by atoms with Crippen molar-refractivity contribution in [3.8, 4) is 0 Å². The number of ether oxygens (including phenoxy) is 1. The molecule has 0 unspecified atom stereocenters. The van der Waals surface area contributed by atoms with Crippen LogP contribution in [0.1, 0.15) is 48.9 Å². The lowest BCUT2D eigenvalue weighted by Gasteiger charge is -2.36. The molecule has 0 radical (unpaired) electrons. The maximum Gasteiger partial charge on any atom is 0.232 e. The van der Waals surface area contributed by atoms with E-state index in [1.165, 1.54) is 5.56 Å². The number of carbonyl (C=O) groups is 1. The summed E-state index contributed by atoms with van der Waals surface area (Å²) in [4.78, 5) is 19.4. The van der Waals surface area contributed by atoms with Gasteiger partial charge in [-0.05, 0) is 38.2 Å². The predicted octanol–water partition coefficient (Wildman–Crippen LogP) is 3.12. The van der Waals surface area contributed by atoms with Crippen molar-refractivity contribution < 1.29 is 14.1 Å². The Morgan fingerprint density at radius 1 is 1.26 bits per heavy atom. The van der Waals surface area contributed by atoms with Gasteiger partial charge in [0, 0.05) is 38.1 Å². The molecule has 0 N–H and O–H groups in total. The minimum absolute atomic E-state index is 0.00626. The van der Waals surface area contributed by atoms with Crippen molar-refractivity contribution in [1.29, 1.82) is 0 Å². The molecule has 0 aliphatic carbocycles. The number of carbonyl (C=O) groups excluding carboxylic acids is 1. The lowest BCUT2D eigenvalue weighted by atomic mass is 9.72. The van der Waals surface area contributed by atoms with Crippen molar-refractivity contribution in [2.24, 2.45) is 5.41 Å². The first-order valence-electron chi connectivity index (χ1n) is 9.86. The molecule has 2 aliphatic rings. The zero-order valence-corrected chi connectivity index (χ0v) is 15.9. The first-order chi connectivity index (χ1) is 13.2. The Morgan fingerprint density at radius 3 is 2.74 bits per heavy atom. The monoisotopic (exact) mass is 369 g/mol. The van der Waals surface area contributed by atoms with Gasteiger partial charge in [0.25, 0.3) is 0 Å². The molecule has 1 spiro atoms. The van der Waals surface area contributed by atoms with Gasteiger partial charge in [-0.2, -0.15) is 4.98 Å². The van der Waals surface area contributed by atoms with Crippen LogP contribution in [0.5, 0.6) is 0 Å². The van der Waals surface area contributed by atoms with Crippen molar-refractivity contribution in [3.05, 3.63) is 47.6 Å². The van der Waals surface area contributed by atoms with Crippen LogP contribution in [0.3, 0.4) is 0 Å². The number of aryl methyl sites for hydroxylation is 2. The lowest BCUT2D eigenvalue weighted by Crippen LogP contribution is -2.37. The van der Waals surface area contributed by atoms with Gasteiger partial charge < -0.3 is 14.2 Å². The second-order valence-electron chi connectivity index (χ2n) is 7.82. The third-order valence-electron chi connectivity index (χ3n) is 6.03. The quantitative estimate of drug-likeness (QED) is 0.810. The lowest BCUT2D eigenvalue weighted by molar-refractivity contribution is -0.131. The van der Waals surface area contributed by atoms with Crippen LogP contribution in [0, 0.1) is 12.3 Å². The van der Waals surface area contributed by atoms with E-state index >= 15 is 0 Å². The molecule has 2 aromatic rings. The van der Waals surface area contributed by atoms with Crippen LogP contribution < -0.4 is 0 Å². The summed E-state index contributed by atoms with van der Waals surface area (Å²) in [6.45, 7) is 4.75. The molecule has 27 heavy (non-hydrogen) atoms. The molecule has 1 aromatic carbocycles. The first-order valence-corrected chi connectivity index (χ1v) is 9.86. The Kier molecular flexibility index (Phi) is 5.25. The van der Waals surface area contributed by atoms with E-state index in [0.717, 1.165) is 45.4 Å². The summed E-state index contributed by atoms with van der Waals surface area (Å²) in [6, 6.07) is 10.3. The molecule has 2 fully saturated rings. The zero-order chi connectivity index (χ0) is 18.7. The molecule has 3 heterocycles. The highest BCUT2D eigenvalue weighted by atomic mass is 16.5. The summed E-state index contributed by atoms with van der Waals surface area (Å²) in [5.74, 6) is 1.67. The Hall–Kier alpha value is -2.21. The van der Waals surface area contributed by atoms with Gasteiger partial charge in [0.2, 0.25) is 11.8 Å². The minimum atomic E-state index is 0.00626. The number of nitrogens with zero attached hydrogens (tertiary/aromatic N) is 3. The average Bonchev–Trinajstić information content (AvgIpc) is 3.27. The second-order valence-corrected chi connectivity index (χ2v) is 7.82. The third-order valence-corrected chi connectivity index (χ3v) is 6.03. The molecular formula is C21H27N3O3. The summed E-state index contributed by atoms with van der Waals surface area (Å²) < 4.78 is 11.1. The number of rotatable bonds is 5. The Labute approximate surface area is 159 Å². The molecule has 4 rings (SSSR count). The largest absolute Gasteiger partial charge is 0.381 e. The number of benzene rings is 1. The van der Waals surface area contributed by atoms with Gasteiger partial charge in [-0.25, -0.2) is 0 Å². The smallest absolute Gasteiger partial charge is 0.232 e. The van der Waals surface area contributed by atoms with Gasteiger partial charge in [-0.15, -0.1) is 0 Å². The molecule has 1 aromatic heterocycles. The highest BCUT2D eigenvalue weighted by Crippen LogP contribution is 2.49. The van der Waals surface area contributed by atoms with Gasteiger partial charge in [-0.1, -0.05) is 35.5 Å². The van der Waals surface area contributed by atoms with E-state index in [4.69, 9.17) is 9.26 Å². The number of amides is 1. The van der Waals surface area contributed by atoms with Crippen molar-refractivity contribution >= 4 is 5.91 Å². The third kappa shape index (κ3) is 3.90. The van der Waals surface area contributed by atoms with Crippen molar-refractivity contribution in [3.63, 3.8) is 0 Å². The maximum atomic E-state index is 12.9. The van der Waals surface area contributed by atoms with Crippen LogP contribution >= 0.6 is 0 Å². The van der Waals surface area contributed by atoms with E-state index in [-0.39, 0.29) is 17.2 Å². The van der Waals surface area contributed by atoms with E-state index in [1.807, 2.05) is 30.0 Å². The SMILES string of the molecule is Cc1noc([C@@H]2CN(C(=O)CCCc3ccccc3)CC23CCOCC3)n1. The molecule has 6 heteroatoms. The standard InChI is InChI=1S/C21H27N3O3/c1-16-22-20(27-23-16)18-14-24(15-21(18)10-12-26-13-11-21)19(25)9-5-8-17-6-3-2-4-7-17/h2-4,6-7,18H,5,8-15H2,1H3/t18-/m0/s1. The van der Waals surface area contributed by atoms with E-state index in [2.05, 4.69) is 22.3 Å². The van der Waals surface area contributed by atoms with Crippen LogP contribution in [0.25, 0.3) is 0 Å². The summed E-state index contributed by atoms with van der Waals surface area (Å²) in [5, 5.41) is 3.97. The maximum absolute atomic E-state index is 12.9. The van der Waals surface area contributed by atoms with Gasteiger partial charge in [-0.3, -0.25) is 4.79 Å². The summed E-state index contributed by atoms with van der Waals surface area (Å²) in [5.41, 5.74) is 1.29. The molecule has 2 aliphatic heterocycles. The van der Waals surface area contributed by atoms with Crippen molar-refractivity contribution in [2.75, 3.05) is 26.3 Å². The van der Waals surface area contributed by atoms with Gasteiger partial charge >= 0.3 is 0 Å². The molecule has 6 nitrogen and oxygen atoms in total. The molecule has 0 saturated carbocycles. The fraction of sp³-hybridized carbons (Fsp3) is 0.571. The fourth-order valence-electron chi connectivity index (χ4n) is 4.48. The van der Waals surface area contributed by atoms with Gasteiger partial charge in [0.15, 0.2) is 5.82 Å². The number of likely N-dealkylation sites (tertiary alicyclic amines) is 1. The minimum Gasteiger partial charge on any atom is -0.381 e. The van der Waals surface area contributed by atoms with Gasteiger partial charge in [0.1, 0.15) is 0 Å². The molecule has 1 amide bonds. The van der Waals surface area contributed by atoms with Crippen LogP contribution in [0.2, 0.25) is 0 Å². The fourth-order valence-corrected chi connectivity index (χ4v) is 4.48. The predicted molar refractivity (Wildman–Crippen MR) is 100 cm³/mol. The topological polar surface area (TPSA) is 68.5 Å². The zero-order valence-electron chi connectivity index (χ0n) is 15.9. The van der Waals surface area contributed by atoms with Crippen LogP contribution in [0.4, 0.5) is 0 Å². The number of hydrogen-bond donors (Lipinski definition) is 0. The molecule has 0 bridgehead atoms. The van der Waals surface area contributed by atoms with Crippen LogP contribution in [-0.2, 0) is 16.0 Å². The Bertz CT molecular complexity index is 768.